The molecule has 2 aromatic carbocycles. The zero-order valence-corrected chi connectivity index (χ0v) is 15.1. The number of aromatic nitrogens is 3. The molecule has 0 aliphatic rings. The number of nitrogen functional groups attached to an aromatic ring is 1. The molecule has 10 nitrogen and oxygen atoms in total. The molecule has 0 spiro atoms. The average Bonchev–Trinajstić information content (AvgIpc) is 2.97. The van der Waals surface area contributed by atoms with Crippen LogP contribution in [0.1, 0.15) is 5.56 Å². The predicted molar refractivity (Wildman–Crippen MR) is 101 cm³/mol. The van der Waals surface area contributed by atoms with E-state index in [2.05, 4.69) is 20.7 Å². The van der Waals surface area contributed by atoms with Gasteiger partial charge in [0.1, 0.15) is 0 Å². The van der Waals surface area contributed by atoms with Crippen LogP contribution in [0.3, 0.4) is 0 Å². The van der Waals surface area contributed by atoms with Crippen molar-refractivity contribution in [1.82, 2.24) is 14.8 Å². The van der Waals surface area contributed by atoms with E-state index in [1.807, 2.05) is 19.1 Å². The Morgan fingerprint density at radius 2 is 1.63 bits per heavy atom. The maximum Gasteiger partial charge on any atom is 0.349 e. The van der Waals surface area contributed by atoms with E-state index in [0.29, 0.717) is 11.4 Å². The largest absolute Gasteiger partial charge is 0.368 e. The van der Waals surface area contributed by atoms with Crippen LogP contribution in [0.25, 0.3) is 0 Å². The highest BCUT2D eigenvalue weighted by atomic mass is 32.2. The minimum absolute atomic E-state index is 0.0245. The van der Waals surface area contributed by atoms with Crippen molar-refractivity contribution in [3.05, 3.63) is 54.1 Å². The van der Waals surface area contributed by atoms with Gasteiger partial charge in [-0.1, -0.05) is 17.7 Å². The van der Waals surface area contributed by atoms with Crippen molar-refractivity contribution in [2.75, 3.05) is 16.4 Å². The lowest BCUT2D eigenvalue weighted by atomic mass is 10.2. The number of hydrogen-bond acceptors (Lipinski definition) is 7. The Hall–Kier alpha value is -3.44. The second-order valence-electron chi connectivity index (χ2n) is 5.70. The number of amides is 1. The Morgan fingerprint density at radius 1 is 1.04 bits per heavy atom. The predicted octanol–water partition coefficient (Wildman–Crippen LogP) is 1.64. The smallest absolute Gasteiger partial charge is 0.349 e. The van der Waals surface area contributed by atoms with Crippen LogP contribution in [0.4, 0.5) is 28.1 Å². The Bertz CT molecular complexity index is 1070. The van der Waals surface area contributed by atoms with Gasteiger partial charge in [-0.25, -0.2) is 18.4 Å². The summed E-state index contributed by atoms with van der Waals surface area (Å²) in [5.74, 6) is -0.0295. The molecular weight excluding hydrogens is 370 g/mol. The fourth-order valence-corrected chi connectivity index (χ4v) is 2.71. The summed E-state index contributed by atoms with van der Waals surface area (Å²) >= 11 is 0. The topological polar surface area (TPSA) is 158 Å². The number of rotatable bonds is 4. The van der Waals surface area contributed by atoms with Gasteiger partial charge in [0.25, 0.3) is 0 Å². The van der Waals surface area contributed by atoms with Gasteiger partial charge in [-0.3, -0.25) is 0 Å². The van der Waals surface area contributed by atoms with E-state index in [4.69, 9.17) is 10.9 Å². The summed E-state index contributed by atoms with van der Waals surface area (Å²) in [6.45, 7) is 1.94. The van der Waals surface area contributed by atoms with E-state index >= 15 is 0 Å². The summed E-state index contributed by atoms with van der Waals surface area (Å²) in [5, 5.41) is 14.5. The summed E-state index contributed by atoms with van der Waals surface area (Å²) in [7, 11) is -3.77. The third-order valence-corrected chi connectivity index (χ3v) is 4.50. The van der Waals surface area contributed by atoms with Gasteiger partial charge in [0.2, 0.25) is 21.9 Å². The molecule has 0 fully saturated rings. The van der Waals surface area contributed by atoms with E-state index in [1.165, 1.54) is 24.3 Å². The molecule has 3 aromatic rings. The lowest BCUT2D eigenvalue weighted by molar-refractivity contribution is 0.251. The third-order valence-electron chi connectivity index (χ3n) is 3.57. The van der Waals surface area contributed by atoms with Gasteiger partial charge in [0.15, 0.2) is 0 Å². The molecule has 1 amide bonds. The number of nitrogens with zero attached hydrogens (tertiary/aromatic N) is 3. The van der Waals surface area contributed by atoms with Gasteiger partial charge in [0.05, 0.1) is 4.90 Å². The lowest BCUT2D eigenvalue weighted by Gasteiger charge is -2.05. The Balaban J connectivity index is 1.74. The molecular formula is C16H17N7O3S. The molecule has 1 heterocycles. The van der Waals surface area contributed by atoms with Crippen molar-refractivity contribution in [1.29, 1.82) is 0 Å². The van der Waals surface area contributed by atoms with Gasteiger partial charge < -0.3 is 16.4 Å². The van der Waals surface area contributed by atoms with Gasteiger partial charge in [-0.15, -0.1) is 9.78 Å². The molecule has 1 aromatic heterocycles. The molecule has 0 radical (unpaired) electrons. The van der Waals surface area contributed by atoms with E-state index in [0.717, 1.165) is 10.2 Å². The van der Waals surface area contributed by atoms with E-state index in [9.17, 15) is 13.2 Å². The number of nitrogens with two attached hydrogens (primary N) is 2. The van der Waals surface area contributed by atoms with Gasteiger partial charge in [-0.05, 0) is 43.3 Å². The van der Waals surface area contributed by atoms with Crippen molar-refractivity contribution >= 4 is 39.3 Å². The molecule has 0 bridgehead atoms. The minimum Gasteiger partial charge on any atom is -0.368 e. The number of anilines is 4. The fraction of sp³-hybridized carbons (Fsp3) is 0.0625. The van der Waals surface area contributed by atoms with Crippen LogP contribution < -0.4 is 21.5 Å². The Labute approximate surface area is 155 Å². The Morgan fingerprint density at radius 3 is 2.22 bits per heavy atom. The van der Waals surface area contributed by atoms with E-state index in [-0.39, 0.29) is 16.8 Å². The van der Waals surface area contributed by atoms with Crippen LogP contribution in [0.2, 0.25) is 0 Å². The molecule has 6 N–H and O–H groups in total. The molecule has 0 aliphatic heterocycles. The number of aryl methyl sites for hydroxylation is 1. The summed E-state index contributed by atoms with van der Waals surface area (Å²) < 4.78 is 23.4. The molecule has 0 saturated heterocycles. The number of hydrogen-bond donors (Lipinski definition) is 4. The first-order chi connectivity index (χ1) is 12.7. The van der Waals surface area contributed by atoms with E-state index in [1.54, 1.807) is 12.1 Å². The number of carbonyl (C=O) groups is 1. The van der Waals surface area contributed by atoms with Crippen LogP contribution in [0.5, 0.6) is 0 Å². The zero-order valence-electron chi connectivity index (χ0n) is 14.2. The highest BCUT2D eigenvalue weighted by Crippen LogP contribution is 2.17. The van der Waals surface area contributed by atoms with Crippen molar-refractivity contribution in [2.45, 2.75) is 11.8 Å². The van der Waals surface area contributed by atoms with Gasteiger partial charge in [0, 0.05) is 11.4 Å². The number of primary sulfonamides is 1. The first kappa shape index (κ1) is 18.4. The summed E-state index contributed by atoms with van der Waals surface area (Å²) in [6, 6.07) is 12.3. The molecule has 140 valence electrons. The monoisotopic (exact) mass is 387 g/mol. The van der Waals surface area contributed by atoms with Crippen LogP contribution in [-0.2, 0) is 10.0 Å². The molecule has 0 saturated carbocycles. The third kappa shape index (κ3) is 4.40. The van der Waals surface area contributed by atoms with Crippen LogP contribution in [0, 0.1) is 6.92 Å². The molecule has 0 atom stereocenters. The lowest BCUT2D eigenvalue weighted by Crippen LogP contribution is -2.22. The summed E-state index contributed by atoms with van der Waals surface area (Å²) in [5.41, 5.74) is 7.90. The van der Waals surface area contributed by atoms with Crippen molar-refractivity contribution in [3.63, 3.8) is 0 Å². The molecule has 0 unspecified atom stereocenters. The van der Waals surface area contributed by atoms with Crippen molar-refractivity contribution < 1.29 is 13.2 Å². The quantitative estimate of drug-likeness (QED) is 0.529. The standard InChI is InChI=1S/C16H17N7O3S/c1-10-2-4-12(5-3-10)20-16(24)23-14(17)21-15(22-23)19-11-6-8-13(9-7-11)27(18,25)26/h2-9H,1H3,(H,20,24)(H2,18,25,26)(H3,17,19,21,22). The Kier molecular flexibility index (Phi) is 4.79. The van der Waals surface area contributed by atoms with E-state index < -0.39 is 16.1 Å². The van der Waals surface area contributed by atoms with Crippen LogP contribution in [0.15, 0.2) is 53.4 Å². The van der Waals surface area contributed by atoms with Crippen LogP contribution in [-0.4, -0.2) is 29.2 Å². The zero-order chi connectivity index (χ0) is 19.6. The first-order valence-electron chi connectivity index (χ1n) is 7.73. The van der Waals surface area contributed by atoms with Crippen molar-refractivity contribution in [2.24, 2.45) is 5.14 Å². The molecule has 11 heteroatoms. The molecule has 0 aliphatic carbocycles. The highest BCUT2D eigenvalue weighted by Gasteiger charge is 2.15. The number of sulfonamides is 1. The van der Waals surface area contributed by atoms with Gasteiger partial charge in [-0.2, -0.15) is 4.98 Å². The first-order valence-corrected chi connectivity index (χ1v) is 9.27. The number of carbonyl (C=O) groups excluding carboxylic acids is 1. The normalized spacial score (nSPS) is 11.2. The second-order valence-corrected chi connectivity index (χ2v) is 7.26. The van der Waals surface area contributed by atoms with Crippen molar-refractivity contribution in [3.8, 4) is 0 Å². The maximum atomic E-state index is 12.3. The highest BCUT2D eigenvalue weighted by molar-refractivity contribution is 7.89. The average molecular weight is 387 g/mol. The van der Waals surface area contributed by atoms with Crippen LogP contribution >= 0.6 is 0 Å². The number of benzene rings is 2. The minimum atomic E-state index is -3.77. The fourth-order valence-electron chi connectivity index (χ4n) is 2.20. The maximum absolute atomic E-state index is 12.3. The molecule has 3 rings (SSSR count). The van der Waals surface area contributed by atoms with Gasteiger partial charge >= 0.3 is 6.03 Å². The number of nitrogens with one attached hydrogen (secondary N) is 2. The molecule has 27 heavy (non-hydrogen) atoms. The SMILES string of the molecule is Cc1ccc(NC(=O)n2nc(Nc3ccc(S(N)(=O)=O)cc3)nc2N)cc1. The summed E-state index contributed by atoms with van der Waals surface area (Å²) in [6.07, 6.45) is 0. The summed E-state index contributed by atoms with van der Waals surface area (Å²) in [4.78, 5) is 16.2. The second kappa shape index (κ2) is 7.05.